The summed E-state index contributed by atoms with van der Waals surface area (Å²) in [5.41, 5.74) is -0.464. The summed E-state index contributed by atoms with van der Waals surface area (Å²) in [6.45, 7) is -0.0349. The van der Waals surface area contributed by atoms with E-state index in [1.165, 1.54) is 12.1 Å². The van der Waals surface area contributed by atoms with Crippen LogP contribution in [0.1, 0.15) is 35.2 Å². The van der Waals surface area contributed by atoms with E-state index in [0.29, 0.717) is 18.4 Å². The van der Waals surface area contributed by atoms with E-state index in [9.17, 15) is 18.0 Å². The number of carbonyl (C=O) groups excluding carboxylic acids is 1. The van der Waals surface area contributed by atoms with Gasteiger partial charge < -0.3 is 5.11 Å². The Kier molecular flexibility index (Phi) is 5.76. The van der Waals surface area contributed by atoms with E-state index < -0.39 is 11.7 Å². The number of unbranched alkanes of at least 4 members (excludes halogenated alkanes) is 1. The van der Waals surface area contributed by atoms with Gasteiger partial charge in [-0.2, -0.15) is 13.2 Å². The minimum absolute atomic E-state index is 0.0349. The number of Topliss-reactive ketones (excluding diaryl/α,β-unsaturated/α-hetero) is 1. The zero-order valence-corrected chi connectivity index (χ0v) is 10.3. The normalized spacial score (nSPS) is 12.0. The molecule has 1 rings (SSSR count). The molecular weight excluding hydrogens is 257 g/mol. The first-order valence-electron chi connectivity index (χ1n) is 5.91. The molecule has 0 bridgehead atoms. The Morgan fingerprint density at radius 3 is 2.32 bits per heavy atom. The number of carbonyl (C=O) groups is 1. The van der Waals surface area contributed by atoms with Gasteiger partial charge in [-0.25, -0.2) is 0 Å². The van der Waals surface area contributed by atoms with E-state index in [1.54, 1.807) is 12.2 Å². The SMILES string of the molecule is O=C(CCC/C=C\CO)c1ccc(C(F)(F)F)cc1. The summed E-state index contributed by atoms with van der Waals surface area (Å²) in [7, 11) is 0. The summed E-state index contributed by atoms with van der Waals surface area (Å²) in [5, 5.41) is 8.50. The number of aliphatic hydroxyl groups is 1. The summed E-state index contributed by atoms with van der Waals surface area (Å²) in [6, 6.07) is 4.24. The van der Waals surface area contributed by atoms with Gasteiger partial charge in [0.25, 0.3) is 0 Å². The number of halogens is 3. The fourth-order valence-corrected chi connectivity index (χ4v) is 1.56. The molecule has 1 aromatic carbocycles. The Balaban J connectivity index is 2.52. The molecule has 0 aliphatic carbocycles. The summed E-state index contributed by atoms with van der Waals surface area (Å²) in [6.07, 6.45) is 0.518. The summed E-state index contributed by atoms with van der Waals surface area (Å²) < 4.78 is 37.0. The van der Waals surface area contributed by atoms with Crippen molar-refractivity contribution in [3.8, 4) is 0 Å². The molecule has 0 saturated heterocycles. The lowest BCUT2D eigenvalue weighted by molar-refractivity contribution is -0.137. The molecule has 1 aromatic rings. The molecule has 0 unspecified atom stereocenters. The van der Waals surface area contributed by atoms with E-state index in [0.717, 1.165) is 12.1 Å². The number of hydrogen-bond donors (Lipinski definition) is 1. The first kappa shape index (κ1) is 15.4. The molecule has 1 N–H and O–H groups in total. The Hall–Kier alpha value is -1.62. The van der Waals surface area contributed by atoms with Crippen LogP contribution in [0.25, 0.3) is 0 Å². The second-order valence-corrected chi connectivity index (χ2v) is 4.04. The third kappa shape index (κ3) is 5.26. The molecule has 0 spiro atoms. The van der Waals surface area contributed by atoms with Gasteiger partial charge in [0.05, 0.1) is 12.2 Å². The Morgan fingerprint density at radius 1 is 1.16 bits per heavy atom. The summed E-state index contributed by atoms with van der Waals surface area (Å²) in [4.78, 5) is 11.7. The maximum absolute atomic E-state index is 12.3. The second kappa shape index (κ2) is 7.09. The number of rotatable bonds is 6. The lowest BCUT2D eigenvalue weighted by Crippen LogP contribution is -2.06. The molecule has 0 atom stereocenters. The number of allylic oxidation sites excluding steroid dienone is 1. The summed E-state index contributed by atoms with van der Waals surface area (Å²) >= 11 is 0. The lowest BCUT2D eigenvalue weighted by atomic mass is 10.0. The van der Waals surface area contributed by atoms with Gasteiger partial charge in [-0.3, -0.25) is 4.79 Å². The van der Waals surface area contributed by atoms with Crippen molar-refractivity contribution >= 4 is 5.78 Å². The highest BCUT2D eigenvalue weighted by Gasteiger charge is 2.30. The Morgan fingerprint density at radius 2 is 1.79 bits per heavy atom. The van der Waals surface area contributed by atoms with Crippen molar-refractivity contribution in [1.29, 1.82) is 0 Å². The largest absolute Gasteiger partial charge is 0.416 e. The zero-order chi connectivity index (χ0) is 14.3. The number of ketones is 1. The third-order valence-electron chi connectivity index (χ3n) is 2.58. The van der Waals surface area contributed by atoms with E-state index in [-0.39, 0.29) is 18.8 Å². The standard InChI is InChI=1S/C14H15F3O2/c15-14(16,17)12-8-6-11(7-9-12)13(19)5-3-1-2-4-10-18/h2,4,6-9,18H,1,3,5,10H2/b4-2-. The number of benzene rings is 1. The first-order valence-corrected chi connectivity index (χ1v) is 5.91. The zero-order valence-electron chi connectivity index (χ0n) is 10.3. The van der Waals surface area contributed by atoms with Crippen LogP contribution >= 0.6 is 0 Å². The van der Waals surface area contributed by atoms with Crippen LogP contribution in [0.4, 0.5) is 13.2 Å². The second-order valence-electron chi connectivity index (χ2n) is 4.04. The van der Waals surface area contributed by atoms with Gasteiger partial charge in [0.1, 0.15) is 0 Å². The highest BCUT2D eigenvalue weighted by Crippen LogP contribution is 2.29. The highest BCUT2D eigenvalue weighted by atomic mass is 19.4. The minimum atomic E-state index is -4.38. The molecule has 0 amide bonds. The number of aliphatic hydroxyl groups excluding tert-OH is 1. The molecule has 104 valence electrons. The molecule has 5 heteroatoms. The molecule has 19 heavy (non-hydrogen) atoms. The van der Waals surface area contributed by atoms with Gasteiger partial charge in [-0.15, -0.1) is 0 Å². The van der Waals surface area contributed by atoms with E-state index in [4.69, 9.17) is 5.11 Å². The Bertz CT molecular complexity index is 433. The van der Waals surface area contributed by atoms with Crippen LogP contribution in [0.3, 0.4) is 0 Å². The molecule has 0 radical (unpaired) electrons. The maximum atomic E-state index is 12.3. The van der Waals surface area contributed by atoms with Crippen LogP contribution in [-0.2, 0) is 6.18 Å². The topological polar surface area (TPSA) is 37.3 Å². The quantitative estimate of drug-likeness (QED) is 0.488. The highest BCUT2D eigenvalue weighted by molar-refractivity contribution is 5.96. The van der Waals surface area contributed by atoms with Crippen molar-refractivity contribution in [2.75, 3.05) is 6.61 Å². The molecule has 0 aromatic heterocycles. The van der Waals surface area contributed by atoms with Crippen LogP contribution in [0.2, 0.25) is 0 Å². The molecule has 0 fully saturated rings. The molecule has 0 saturated carbocycles. The van der Waals surface area contributed by atoms with E-state index in [1.807, 2.05) is 0 Å². The van der Waals surface area contributed by atoms with Gasteiger partial charge >= 0.3 is 6.18 Å². The third-order valence-corrected chi connectivity index (χ3v) is 2.58. The van der Waals surface area contributed by atoms with Gasteiger partial charge in [0, 0.05) is 12.0 Å². The monoisotopic (exact) mass is 272 g/mol. The smallest absolute Gasteiger partial charge is 0.392 e. The fourth-order valence-electron chi connectivity index (χ4n) is 1.56. The maximum Gasteiger partial charge on any atom is 0.416 e. The van der Waals surface area contributed by atoms with Crippen molar-refractivity contribution < 1.29 is 23.1 Å². The van der Waals surface area contributed by atoms with Gasteiger partial charge in [-0.05, 0) is 25.0 Å². The molecule has 0 aliphatic rings. The van der Waals surface area contributed by atoms with Crippen molar-refractivity contribution in [3.05, 3.63) is 47.5 Å². The number of alkyl halides is 3. The molecule has 0 heterocycles. The van der Waals surface area contributed by atoms with Crippen LogP contribution in [-0.4, -0.2) is 17.5 Å². The van der Waals surface area contributed by atoms with Crippen LogP contribution in [0.5, 0.6) is 0 Å². The minimum Gasteiger partial charge on any atom is -0.392 e. The first-order chi connectivity index (χ1) is 8.95. The van der Waals surface area contributed by atoms with Gasteiger partial charge in [0.15, 0.2) is 5.78 Å². The average Bonchev–Trinajstić information content (AvgIpc) is 2.37. The van der Waals surface area contributed by atoms with Crippen molar-refractivity contribution in [1.82, 2.24) is 0 Å². The molecule has 2 nitrogen and oxygen atoms in total. The van der Waals surface area contributed by atoms with E-state index in [2.05, 4.69) is 0 Å². The number of hydrogen-bond acceptors (Lipinski definition) is 2. The van der Waals surface area contributed by atoms with Crippen molar-refractivity contribution in [2.24, 2.45) is 0 Å². The summed E-state index contributed by atoms with van der Waals surface area (Å²) in [5.74, 6) is -0.175. The predicted octanol–water partition coefficient (Wildman–Crippen LogP) is 3.61. The van der Waals surface area contributed by atoms with Crippen molar-refractivity contribution in [2.45, 2.75) is 25.4 Å². The molecule has 0 aliphatic heterocycles. The predicted molar refractivity (Wildman–Crippen MR) is 65.9 cm³/mol. The molecular formula is C14H15F3O2. The lowest BCUT2D eigenvalue weighted by Gasteiger charge is -2.07. The fraction of sp³-hybridized carbons (Fsp3) is 0.357. The van der Waals surface area contributed by atoms with Crippen molar-refractivity contribution in [3.63, 3.8) is 0 Å². The van der Waals surface area contributed by atoms with Crippen LogP contribution < -0.4 is 0 Å². The van der Waals surface area contributed by atoms with Gasteiger partial charge in [-0.1, -0.05) is 24.3 Å². The van der Waals surface area contributed by atoms with Crippen LogP contribution in [0, 0.1) is 0 Å². The van der Waals surface area contributed by atoms with Gasteiger partial charge in [0.2, 0.25) is 0 Å². The average molecular weight is 272 g/mol. The van der Waals surface area contributed by atoms with E-state index >= 15 is 0 Å². The van der Waals surface area contributed by atoms with Crippen LogP contribution in [0.15, 0.2) is 36.4 Å². The Labute approximate surface area is 109 Å².